The number of carbonyl (C=O) groups excluding carboxylic acids is 1. The fourth-order valence-corrected chi connectivity index (χ4v) is 3.32. The highest BCUT2D eigenvalue weighted by Gasteiger charge is 2.20. The maximum atomic E-state index is 12.3. The lowest BCUT2D eigenvalue weighted by molar-refractivity contribution is 0.171. The number of hydrogen-bond acceptors (Lipinski definition) is 3. The minimum atomic E-state index is -0.436. The van der Waals surface area contributed by atoms with Gasteiger partial charge in [-0.1, -0.05) is 75.8 Å². The first-order valence-electron chi connectivity index (χ1n) is 9.72. The highest BCUT2D eigenvalue weighted by Crippen LogP contribution is 2.27. The minimum Gasteiger partial charge on any atom is -0.506 e. The largest absolute Gasteiger partial charge is 0.506 e. The van der Waals surface area contributed by atoms with Crippen molar-refractivity contribution >= 4 is 6.09 Å². The van der Waals surface area contributed by atoms with Gasteiger partial charge in [0, 0.05) is 18.2 Å². The van der Waals surface area contributed by atoms with Crippen LogP contribution >= 0.6 is 0 Å². The van der Waals surface area contributed by atoms with Gasteiger partial charge in [0.15, 0.2) is 0 Å². The molecule has 1 N–H and O–H groups in total. The number of benzene rings is 1. The Bertz CT molecular complexity index is 676. The zero-order chi connectivity index (χ0) is 18.8. The van der Waals surface area contributed by atoms with Gasteiger partial charge < -0.3 is 9.84 Å². The van der Waals surface area contributed by atoms with Crippen LogP contribution in [0.4, 0.5) is 4.79 Å². The summed E-state index contributed by atoms with van der Waals surface area (Å²) in [5.74, 6) is 0.164. The van der Waals surface area contributed by atoms with E-state index in [4.69, 9.17) is 4.74 Å². The number of aryl methyl sites for hydroxylation is 1. The zero-order valence-electron chi connectivity index (χ0n) is 16.0. The second-order valence-electron chi connectivity index (χ2n) is 6.81. The summed E-state index contributed by atoms with van der Waals surface area (Å²) in [5, 5.41) is 10.4. The lowest BCUT2D eigenvalue weighted by Crippen LogP contribution is -2.17. The average molecular weight is 357 g/mol. The summed E-state index contributed by atoms with van der Waals surface area (Å²) in [6.45, 7) is 2.22. The van der Waals surface area contributed by atoms with Crippen LogP contribution in [-0.4, -0.2) is 22.9 Å². The molecule has 0 atom stereocenters. The van der Waals surface area contributed by atoms with E-state index >= 15 is 0 Å². The Morgan fingerprint density at radius 1 is 1.04 bits per heavy atom. The smallest absolute Gasteiger partial charge is 0.418 e. The van der Waals surface area contributed by atoms with Gasteiger partial charge in [-0.15, -0.1) is 0 Å². The summed E-state index contributed by atoms with van der Waals surface area (Å²) in [7, 11) is 1.38. The number of nitrogens with zero attached hydrogens (tertiary/aromatic N) is 1. The van der Waals surface area contributed by atoms with Crippen molar-refractivity contribution in [1.82, 2.24) is 4.57 Å². The highest BCUT2D eigenvalue weighted by atomic mass is 16.5. The number of rotatable bonds is 10. The van der Waals surface area contributed by atoms with Crippen molar-refractivity contribution in [3.8, 4) is 5.75 Å². The van der Waals surface area contributed by atoms with Crippen LogP contribution in [0.5, 0.6) is 5.75 Å². The van der Waals surface area contributed by atoms with Gasteiger partial charge in [0.05, 0.1) is 12.8 Å². The zero-order valence-corrected chi connectivity index (χ0v) is 16.0. The molecule has 4 nitrogen and oxygen atoms in total. The molecule has 142 valence electrons. The van der Waals surface area contributed by atoms with Crippen molar-refractivity contribution in [3.05, 3.63) is 53.3 Å². The molecule has 0 bridgehead atoms. The molecule has 0 aliphatic heterocycles. The number of unbranched alkanes of at least 4 members (excludes halogenated alkanes) is 6. The molecular formula is C22H31NO3. The molecule has 0 aliphatic rings. The molecule has 0 amide bonds. The van der Waals surface area contributed by atoms with E-state index in [1.54, 1.807) is 10.6 Å². The average Bonchev–Trinajstić information content (AvgIpc) is 2.96. The number of carbonyl (C=O) groups is 1. The Morgan fingerprint density at radius 2 is 1.69 bits per heavy atom. The summed E-state index contributed by atoms with van der Waals surface area (Å²) < 4.78 is 6.49. The number of hydrogen-bond donors (Lipinski definition) is 1. The van der Waals surface area contributed by atoms with Crippen LogP contribution in [0.2, 0.25) is 0 Å². The first-order valence-corrected chi connectivity index (χ1v) is 9.72. The van der Waals surface area contributed by atoms with E-state index in [0.717, 1.165) is 30.5 Å². The van der Waals surface area contributed by atoms with Crippen molar-refractivity contribution in [1.29, 1.82) is 0 Å². The Morgan fingerprint density at radius 3 is 2.35 bits per heavy atom. The first kappa shape index (κ1) is 20.1. The predicted octanol–water partition coefficient (Wildman–Crippen LogP) is 5.69. The molecule has 0 fully saturated rings. The van der Waals surface area contributed by atoms with E-state index in [2.05, 4.69) is 6.92 Å². The van der Waals surface area contributed by atoms with E-state index in [9.17, 15) is 9.90 Å². The Labute approximate surface area is 156 Å². The maximum absolute atomic E-state index is 12.3. The molecule has 0 saturated carbocycles. The molecule has 0 saturated heterocycles. The van der Waals surface area contributed by atoms with Crippen molar-refractivity contribution < 1.29 is 14.6 Å². The van der Waals surface area contributed by atoms with E-state index in [1.165, 1.54) is 39.2 Å². The molecular weight excluding hydrogens is 326 g/mol. The molecule has 4 heteroatoms. The number of aromatic hydroxyl groups is 1. The fourth-order valence-electron chi connectivity index (χ4n) is 3.32. The minimum absolute atomic E-state index is 0.164. The maximum Gasteiger partial charge on any atom is 0.418 e. The molecule has 2 rings (SSSR count). The van der Waals surface area contributed by atoms with Crippen LogP contribution in [0.3, 0.4) is 0 Å². The topological polar surface area (TPSA) is 51.5 Å². The normalized spacial score (nSPS) is 10.8. The van der Waals surface area contributed by atoms with E-state index in [1.807, 2.05) is 30.3 Å². The van der Waals surface area contributed by atoms with Crippen LogP contribution in [0, 0.1) is 0 Å². The lowest BCUT2D eigenvalue weighted by Gasteiger charge is -2.11. The van der Waals surface area contributed by atoms with E-state index in [0.29, 0.717) is 12.1 Å². The second kappa shape index (κ2) is 10.7. The summed E-state index contributed by atoms with van der Waals surface area (Å²) in [6, 6.07) is 11.6. The summed E-state index contributed by atoms with van der Waals surface area (Å²) >= 11 is 0. The van der Waals surface area contributed by atoms with Gasteiger partial charge in [0.1, 0.15) is 5.75 Å². The van der Waals surface area contributed by atoms with Gasteiger partial charge in [-0.3, -0.25) is 0 Å². The molecule has 1 aromatic heterocycles. The van der Waals surface area contributed by atoms with Gasteiger partial charge in [-0.2, -0.15) is 0 Å². The third-order valence-electron chi connectivity index (χ3n) is 4.76. The Hall–Kier alpha value is -2.23. The summed E-state index contributed by atoms with van der Waals surface area (Å²) in [6.07, 6.45) is 9.36. The monoisotopic (exact) mass is 357 g/mol. The van der Waals surface area contributed by atoms with Gasteiger partial charge in [-0.25, -0.2) is 9.36 Å². The molecule has 0 radical (unpaired) electrons. The second-order valence-corrected chi connectivity index (χ2v) is 6.81. The third kappa shape index (κ3) is 5.65. The molecule has 0 aliphatic carbocycles. The summed E-state index contributed by atoms with van der Waals surface area (Å²) in [5.41, 5.74) is 2.48. The van der Waals surface area contributed by atoms with Gasteiger partial charge in [0.2, 0.25) is 0 Å². The molecule has 26 heavy (non-hydrogen) atoms. The third-order valence-corrected chi connectivity index (χ3v) is 4.76. The standard InChI is InChI=1S/C22H31NO3/c1-3-4-5-6-7-8-12-15-19-17-21(24)20(23(19)22(25)26-2)16-18-13-10-9-11-14-18/h9-11,13-14,17,24H,3-8,12,15-16H2,1-2H3. The van der Waals surface area contributed by atoms with Crippen LogP contribution in [0.1, 0.15) is 68.8 Å². The predicted molar refractivity (Wildman–Crippen MR) is 105 cm³/mol. The van der Waals surface area contributed by atoms with E-state index in [-0.39, 0.29) is 5.75 Å². The Kier molecular flexibility index (Phi) is 8.26. The quantitative estimate of drug-likeness (QED) is 0.556. The highest BCUT2D eigenvalue weighted by molar-refractivity contribution is 5.74. The molecule has 0 spiro atoms. The molecule has 1 aromatic carbocycles. The van der Waals surface area contributed by atoms with Crippen molar-refractivity contribution in [2.45, 2.75) is 64.7 Å². The van der Waals surface area contributed by atoms with Crippen LogP contribution in [-0.2, 0) is 17.6 Å². The molecule has 0 unspecified atom stereocenters. The van der Waals surface area contributed by atoms with E-state index < -0.39 is 6.09 Å². The number of aromatic nitrogens is 1. The van der Waals surface area contributed by atoms with Crippen molar-refractivity contribution in [2.24, 2.45) is 0 Å². The summed E-state index contributed by atoms with van der Waals surface area (Å²) in [4.78, 5) is 12.3. The van der Waals surface area contributed by atoms with Crippen LogP contribution < -0.4 is 0 Å². The number of ether oxygens (including phenoxy) is 1. The fraction of sp³-hybridized carbons (Fsp3) is 0.500. The lowest BCUT2D eigenvalue weighted by atomic mass is 10.1. The number of methoxy groups -OCH3 is 1. The Balaban J connectivity index is 2.04. The first-order chi connectivity index (χ1) is 12.7. The SMILES string of the molecule is CCCCCCCCCc1cc(O)c(Cc2ccccc2)n1C(=O)OC. The van der Waals surface area contributed by atoms with Crippen LogP contribution in [0.25, 0.3) is 0 Å². The van der Waals surface area contributed by atoms with Crippen molar-refractivity contribution in [2.75, 3.05) is 7.11 Å². The van der Waals surface area contributed by atoms with Crippen LogP contribution in [0.15, 0.2) is 36.4 Å². The van der Waals surface area contributed by atoms with Gasteiger partial charge >= 0.3 is 6.09 Å². The van der Waals surface area contributed by atoms with Gasteiger partial charge in [0.25, 0.3) is 0 Å². The molecule has 2 aromatic rings. The molecule has 1 heterocycles. The van der Waals surface area contributed by atoms with Gasteiger partial charge in [-0.05, 0) is 18.4 Å². The van der Waals surface area contributed by atoms with Crippen molar-refractivity contribution in [3.63, 3.8) is 0 Å².